The van der Waals surface area contributed by atoms with Crippen molar-refractivity contribution in [3.63, 3.8) is 0 Å². The summed E-state index contributed by atoms with van der Waals surface area (Å²) in [6, 6.07) is 0. The molecule has 4 aliphatic carbocycles. The number of fused-ring (bicyclic) bond motifs is 5. The second kappa shape index (κ2) is 21.5. The van der Waals surface area contributed by atoms with Crippen molar-refractivity contribution in [2.24, 2.45) is 46.3 Å². The third kappa shape index (κ3) is 13.3. The minimum atomic E-state index is -3.68. The zero-order valence-corrected chi connectivity index (χ0v) is 34.8. The van der Waals surface area contributed by atoms with E-state index in [4.69, 9.17) is 33.3 Å². The molecule has 0 saturated heterocycles. The Balaban J connectivity index is 1.03. The molecule has 3 fully saturated rings. The van der Waals surface area contributed by atoms with Gasteiger partial charge in [-0.15, -0.1) is 0 Å². The van der Waals surface area contributed by atoms with Gasteiger partial charge in [0, 0.05) is 26.2 Å². The van der Waals surface area contributed by atoms with E-state index in [0.717, 1.165) is 61.4 Å². The monoisotopic (exact) mass is 772 g/mol. The number of hydrogen-bond acceptors (Lipinski definition) is 9. The fourth-order valence-electron chi connectivity index (χ4n) is 10.6. The number of amides is 1. The maximum atomic E-state index is 12.7. The van der Waals surface area contributed by atoms with Gasteiger partial charge in [-0.2, -0.15) is 0 Å². The molecule has 0 radical (unpaired) electrons. The van der Waals surface area contributed by atoms with Crippen LogP contribution in [-0.4, -0.2) is 101 Å². The van der Waals surface area contributed by atoms with Crippen LogP contribution in [0.3, 0.4) is 0 Å². The largest absolute Gasteiger partial charge is 0.446 e. The van der Waals surface area contributed by atoms with Crippen LogP contribution >= 0.6 is 7.60 Å². The van der Waals surface area contributed by atoms with Gasteiger partial charge in [-0.1, -0.05) is 65.5 Å². The third-order valence-corrected chi connectivity index (χ3v) is 13.9. The van der Waals surface area contributed by atoms with Crippen LogP contribution in [0.15, 0.2) is 11.6 Å². The van der Waals surface area contributed by atoms with Crippen molar-refractivity contribution in [2.45, 2.75) is 124 Å². The molecule has 3 saturated carbocycles. The number of allylic oxidation sites excluding steroid dienone is 1. The number of ether oxygens (including phenoxy) is 5. The highest BCUT2D eigenvalue weighted by atomic mass is 31.2. The Morgan fingerprint density at radius 2 is 1.58 bits per heavy atom. The zero-order chi connectivity index (χ0) is 38.5. The van der Waals surface area contributed by atoms with Crippen molar-refractivity contribution in [1.82, 2.24) is 5.32 Å². The van der Waals surface area contributed by atoms with Gasteiger partial charge in [0.15, 0.2) is 0 Å². The van der Waals surface area contributed by atoms with Crippen molar-refractivity contribution >= 4 is 13.7 Å². The van der Waals surface area contributed by atoms with Gasteiger partial charge in [-0.25, -0.2) is 4.79 Å². The first kappa shape index (κ1) is 44.7. The van der Waals surface area contributed by atoms with Crippen molar-refractivity contribution in [3.8, 4) is 0 Å². The molecule has 4 rings (SSSR count). The van der Waals surface area contributed by atoms with E-state index >= 15 is 0 Å². The maximum Gasteiger partial charge on any atom is 0.407 e. The number of rotatable bonds is 24. The van der Waals surface area contributed by atoms with Gasteiger partial charge in [0.2, 0.25) is 0 Å². The van der Waals surface area contributed by atoms with Crippen LogP contribution in [0.4, 0.5) is 4.79 Å². The van der Waals surface area contributed by atoms with E-state index in [1.165, 1.54) is 51.4 Å². The highest BCUT2D eigenvalue weighted by Crippen LogP contribution is 2.67. The summed E-state index contributed by atoms with van der Waals surface area (Å²) < 4.78 is 43.9. The first-order chi connectivity index (χ1) is 25.3. The van der Waals surface area contributed by atoms with E-state index in [1.54, 1.807) is 5.57 Å². The number of carbonyl (C=O) groups excluding carboxylic acids is 1. The fourth-order valence-corrected chi connectivity index (χ4v) is 11.3. The molecule has 0 heterocycles. The summed E-state index contributed by atoms with van der Waals surface area (Å²) in [6.07, 6.45) is 15.9. The number of aliphatic hydroxyl groups excluding tert-OH is 1. The Morgan fingerprint density at radius 1 is 0.906 bits per heavy atom. The molecule has 53 heavy (non-hydrogen) atoms. The standard InChI is InChI=1S/C41H74NO10P/c1-30(2)9-7-10-31(3)36-13-14-37-35-12-11-32-27-33(15-17-40(32,4)38(35)16-18-41(36,37)5)51-39(44)42-19-8-20-47-21-22-48-23-24-49-25-26-50-29-34(28-43)52-53(6,45)46/h11,30-31,33-38,43H,7-10,12-29H2,1-6H3,(H,42,44)(H,45,46)/t31-,33+,34?,35+,36-,37+,38+,40+,41-/m1/s1. The molecule has 0 aromatic rings. The second-order valence-corrected chi connectivity index (χ2v) is 19.3. The van der Waals surface area contributed by atoms with Gasteiger partial charge < -0.3 is 43.5 Å². The molecule has 10 atom stereocenters. The smallest absolute Gasteiger partial charge is 0.407 e. The molecule has 0 aliphatic heterocycles. The van der Waals surface area contributed by atoms with Gasteiger partial charge in [0.1, 0.15) is 12.2 Å². The molecule has 2 unspecified atom stereocenters. The van der Waals surface area contributed by atoms with Crippen molar-refractivity contribution < 1.29 is 47.6 Å². The molecule has 12 heteroatoms. The van der Waals surface area contributed by atoms with Gasteiger partial charge >= 0.3 is 13.7 Å². The van der Waals surface area contributed by atoms with E-state index in [1.807, 2.05) is 0 Å². The van der Waals surface area contributed by atoms with Crippen LogP contribution in [0.5, 0.6) is 0 Å². The van der Waals surface area contributed by atoms with Gasteiger partial charge in [-0.05, 0) is 97.7 Å². The highest BCUT2D eigenvalue weighted by molar-refractivity contribution is 7.51. The summed E-state index contributed by atoms with van der Waals surface area (Å²) in [5.74, 6) is 4.96. The predicted molar refractivity (Wildman–Crippen MR) is 207 cm³/mol. The number of carbonyl (C=O) groups is 1. The Kier molecular flexibility index (Phi) is 18.1. The molecule has 4 aliphatic rings. The van der Waals surface area contributed by atoms with Crippen molar-refractivity contribution in [1.29, 1.82) is 0 Å². The number of nitrogens with one attached hydrogen (secondary N) is 1. The lowest BCUT2D eigenvalue weighted by atomic mass is 9.47. The van der Waals surface area contributed by atoms with Crippen LogP contribution in [0.25, 0.3) is 0 Å². The first-order valence-corrected chi connectivity index (χ1v) is 22.8. The zero-order valence-electron chi connectivity index (χ0n) is 33.9. The quantitative estimate of drug-likeness (QED) is 0.0506. The summed E-state index contributed by atoms with van der Waals surface area (Å²) in [5.41, 5.74) is 2.30. The molecule has 11 nitrogen and oxygen atoms in total. The lowest BCUT2D eigenvalue weighted by Crippen LogP contribution is -2.51. The van der Waals surface area contributed by atoms with Crippen LogP contribution in [0.2, 0.25) is 0 Å². The summed E-state index contributed by atoms with van der Waals surface area (Å²) in [6.45, 7) is 16.5. The molecule has 0 spiro atoms. The summed E-state index contributed by atoms with van der Waals surface area (Å²) in [4.78, 5) is 21.9. The number of alkyl carbamates (subject to hydrolysis) is 1. The molecule has 0 aromatic heterocycles. The Bertz CT molecular complexity index is 1180. The second-order valence-electron chi connectivity index (χ2n) is 17.5. The maximum absolute atomic E-state index is 12.7. The molecule has 308 valence electrons. The number of hydrogen-bond donors (Lipinski definition) is 3. The van der Waals surface area contributed by atoms with Crippen LogP contribution in [0.1, 0.15) is 112 Å². The topological polar surface area (TPSA) is 142 Å². The van der Waals surface area contributed by atoms with E-state index < -0.39 is 20.3 Å². The fraction of sp³-hybridized carbons (Fsp3) is 0.927. The third-order valence-electron chi connectivity index (χ3n) is 13.2. The average molecular weight is 772 g/mol. The summed E-state index contributed by atoms with van der Waals surface area (Å²) >= 11 is 0. The van der Waals surface area contributed by atoms with Gasteiger partial charge in [0.05, 0.1) is 52.9 Å². The normalized spacial score (nSPS) is 31.9. The summed E-state index contributed by atoms with van der Waals surface area (Å²) in [7, 11) is -3.68. The average Bonchev–Trinajstić information content (AvgIpc) is 3.46. The van der Waals surface area contributed by atoms with Crippen LogP contribution < -0.4 is 5.32 Å². The lowest BCUT2D eigenvalue weighted by Gasteiger charge is -2.58. The molecular formula is C41H74NO10P. The first-order valence-electron chi connectivity index (χ1n) is 20.8. The SMILES string of the molecule is CC(C)CCC[C@@H](C)[C@H]1CC[C@H]2[C@@H]3CC=C4C[C@@H](OC(=O)NCCCOCCOCCOCCOCC(CO)OP(C)(=O)O)CC[C@]4(C)[C@H]3CC[C@]12C. The molecule has 0 aromatic carbocycles. The van der Waals surface area contributed by atoms with Gasteiger partial charge in [-0.3, -0.25) is 4.57 Å². The Labute approximate surface area is 320 Å². The molecule has 3 N–H and O–H groups in total. The molecule has 0 bridgehead atoms. The van der Waals surface area contributed by atoms with Crippen LogP contribution in [0, 0.1) is 46.3 Å². The van der Waals surface area contributed by atoms with E-state index in [9.17, 15) is 14.3 Å². The van der Waals surface area contributed by atoms with E-state index in [0.29, 0.717) is 58.0 Å². The van der Waals surface area contributed by atoms with Crippen LogP contribution in [-0.2, 0) is 32.8 Å². The number of aliphatic hydroxyl groups is 1. The lowest BCUT2D eigenvalue weighted by molar-refractivity contribution is -0.0581. The van der Waals surface area contributed by atoms with E-state index in [2.05, 4.69) is 46.0 Å². The summed E-state index contributed by atoms with van der Waals surface area (Å²) in [5, 5.41) is 12.1. The van der Waals surface area contributed by atoms with Gasteiger partial charge in [0.25, 0.3) is 0 Å². The molecule has 1 amide bonds. The Morgan fingerprint density at radius 3 is 2.25 bits per heavy atom. The minimum absolute atomic E-state index is 0.000912. The predicted octanol–water partition coefficient (Wildman–Crippen LogP) is 7.77. The van der Waals surface area contributed by atoms with E-state index in [-0.39, 0.29) is 30.8 Å². The van der Waals surface area contributed by atoms with Crippen molar-refractivity contribution in [2.75, 3.05) is 72.7 Å². The molecular weight excluding hydrogens is 697 g/mol. The van der Waals surface area contributed by atoms with Crippen molar-refractivity contribution in [3.05, 3.63) is 11.6 Å². The minimum Gasteiger partial charge on any atom is -0.446 e. The Hall–Kier alpha value is -1.04. The highest BCUT2D eigenvalue weighted by Gasteiger charge is 2.59.